The third-order valence-corrected chi connectivity index (χ3v) is 3.70. The number of aromatic nitrogens is 1. The van der Waals surface area contributed by atoms with Gasteiger partial charge in [0.1, 0.15) is 5.76 Å². The molecule has 3 nitrogen and oxygen atoms in total. The Balaban J connectivity index is 1.83. The molecule has 0 aliphatic rings. The zero-order valence-corrected chi connectivity index (χ0v) is 11.9. The Morgan fingerprint density at radius 1 is 1.25 bits per heavy atom. The molecule has 0 unspecified atom stereocenters. The fourth-order valence-electron chi connectivity index (χ4n) is 2.24. The fourth-order valence-corrected chi connectivity index (χ4v) is 2.46. The van der Waals surface area contributed by atoms with Crippen molar-refractivity contribution in [2.45, 2.75) is 19.5 Å². The molecule has 0 amide bonds. The quantitative estimate of drug-likeness (QED) is 0.775. The van der Waals surface area contributed by atoms with Gasteiger partial charge in [0, 0.05) is 23.2 Å². The summed E-state index contributed by atoms with van der Waals surface area (Å²) in [6.07, 6.45) is 3.48. The van der Waals surface area contributed by atoms with E-state index in [1.165, 1.54) is 0 Å². The number of nitrogens with zero attached hydrogens (tertiary/aromatic N) is 1. The minimum Gasteiger partial charge on any atom is -0.468 e. The van der Waals surface area contributed by atoms with E-state index < -0.39 is 0 Å². The second-order valence-corrected chi connectivity index (χ2v) is 5.13. The van der Waals surface area contributed by atoms with Crippen LogP contribution in [-0.4, -0.2) is 4.98 Å². The molecule has 1 aromatic carbocycles. The molecule has 20 heavy (non-hydrogen) atoms. The Hall–Kier alpha value is -1.84. The molecular weight excluding hydrogens is 272 g/mol. The van der Waals surface area contributed by atoms with Crippen LogP contribution in [0.2, 0.25) is 5.02 Å². The molecule has 4 heteroatoms. The van der Waals surface area contributed by atoms with Gasteiger partial charge in [-0.15, -0.1) is 0 Å². The topological polar surface area (TPSA) is 38.1 Å². The smallest absolute Gasteiger partial charge is 0.120 e. The molecule has 1 N–H and O–H groups in total. The highest BCUT2D eigenvalue weighted by Gasteiger charge is 2.10. The lowest BCUT2D eigenvalue weighted by molar-refractivity contribution is 0.430. The second-order valence-electron chi connectivity index (χ2n) is 4.72. The number of furan rings is 1. The number of pyridine rings is 1. The minimum absolute atomic E-state index is 0.152. The standard InChI is InChI=1S/C16H15ClN2O/c1-11(15-5-3-9-20-15)19-10-12-6-7-14(17)13-4-2-8-18-16(12)13/h2-9,11,19H,10H2,1H3/t11-/m1/s1. The molecule has 0 spiro atoms. The summed E-state index contributed by atoms with van der Waals surface area (Å²) in [4.78, 5) is 4.43. The van der Waals surface area contributed by atoms with Gasteiger partial charge in [0.25, 0.3) is 0 Å². The van der Waals surface area contributed by atoms with Gasteiger partial charge in [-0.05, 0) is 42.8 Å². The van der Waals surface area contributed by atoms with Gasteiger partial charge < -0.3 is 9.73 Å². The predicted octanol–water partition coefficient (Wildman–Crippen LogP) is 4.33. The van der Waals surface area contributed by atoms with Crippen LogP contribution in [0, 0.1) is 0 Å². The van der Waals surface area contributed by atoms with Crippen LogP contribution in [0.25, 0.3) is 10.9 Å². The minimum atomic E-state index is 0.152. The Morgan fingerprint density at radius 2 is 2.15 bits per heavy atom. The first-order chi connectivity index (χ1) is 9.75. The number of halogens is 1. The Bertz CT molecular complexity index is 710. The van der Waals surface area contributed by atoms with Crippen molar-refractivity contribution in [1.82, 2.24) is 10.3 Å². The van der Waals surface area contributed by atoms with E-state index >= 15 is 0 Å². The number of rotatable bonds is 4. The zero-order chi connectivity index (χ0) is 13.9. The van der Waals surface area contributed by atoms with E-state index in [9.17, 15) is 0 Å². The summed E-state index contributed by atoms with van der Waals surface area (Å²) in [5.74, 6) is 0.927. The van der Waals surface area contributed by atoms with Crippen LogP contribution >= 0.6 is 11.6 Å². The molecule has 2 aromatic heterocycles. The summed E-state index contributed by atoms with van der Waals surface area (Å²) >= 11 is 6.20. The van der Waals surface area contributed by atoms with Gasteiger partial charge in [0.05, 0.1) is 17.8 Å². The lowest BCUT2D eigenvalue weighted by Crippen LogP contribution is -2.17. The Morgan fingerprint density at radius 3 is 2.95 bits per heavy atom. The summed E-state index contributed by atoms with van der Waals surface area (Å²) in [6, 6.07) is 11.8. The maximum absolute atomic E-state index is 6.20. The molecule has 0 saturated carbocycles. The van der Waals surface area contributed by atoms with Crippen molar-refractivity contribution in [3.8, 4) is 0 Å². The van der Waals surface area contributed by atoms with Gasteiger partial charge in [-0.3, -0.25) is 4.98 Å². The SMILES string of the molecule is C[C@@H](NCc1ccc(Cl)c2cccnc12)c1ccco1. The van der Waals surface area contributed by atoms with Gasteiger partial charge in [-0.2, -0.15) is 0 Å². The monoisotopic (exact) mass is 286 g/mol. The number of nitrogens with one attached hydrogen (secondary N) is 1. The molecule has 0 aliphatic heterocycles. The van der Waals surface area contributed by atoms with E-state index in [4.69, 9.17) is 16.0 Å². The van der Waals surface area contributed by atoms with Crippen LogP contribution in [0.3, 0.4) is 0 Å². The number of fused-ring (bicyclic) bond motifs is 1. The van der Waals surface area contributed by atoms with Crippen molar-refractivity contribution in [3.05, 3.63) is 65.2 Å². The third kappa shape index (κ3) is 2.55. The molecule has 1 atom stereocenters. The van der Waals surface area contributed by atoms with Gasteiger partial charge in [-0.1, -0.05) is 17.7 Å². The molecule has 0 radical (unpaired) electrons. The molecule has 2 heterocycles. The summed E-state index contributed by atoms with van der Waals surface area (Å²) in [6.45, 7) is 2.79. The summed E-state index contributed by atoms with van der Waals surface area (Å²) in [5.41, 5.74) is 2.07. The molecule has 0 bridgehead atoms. The summed E-state index contributed by atoms with van der Waals surface area (Å²) in [7, 11) is 0. The lowest BCUT2D eigenvalue weighted by Gasteiger charge is -2.13. The fraction of sp³-hybridized carbons (Fsp3) is 0.188. The molecule has 0 fully saturated rings. The van der Waals surface area contributed by atoms with Crippen molar-refractivity contribution in [2.24, 2.45) is 0 Å². The van der Waals surface area contributed by atoms with E-state index in [1.807, 2.05) is 36.4 Å². The average Bonchev–Trinajstić information content (AvgIpc) is 3.01. The first-order valence-electron chi connectivity index (χ1n) is 6.54. The molecule has 3 aromatic rings. The van der Waals surface area contributed by atoms with Crippen LogP contribution < -0.4 is 5.32 Å². The lowest BCUT2D eigenvalue weighted by atomic mass is 10.1. The van der Waals surface area contributed by atoms with Gasteiger partial charge in [0.15, 0.2) is 0 Å². The van der Waals surface area contributed by atoms with E-state index in [-0.39, 0.29) is 6.04 Å². The van der Waals surface area contributed by atoms with Crippen molar-refractivity contribution in [2.75, 3.05) is 0 Å². The van der Waals surface area contributed by atoms with Crippen LogP contribution in [0.5, 0.6) is 0 Å². The Kier molecular flexibility index (Phi) is 3.72. The van der Waals surface area contributed by atoms with Crippen molar-refractivity contribution in [1.29, 1.82) is 0 Å². The van der Waals surface area contributed by atoms with Gasteiger partial charge in [-0.25, -0.2) is 0 Å². The summed E-state index contributed by atoms with van der Waals surface area (Å²) < 4.78 is 5.39. The first kappa shape index (κ1) is 13.2. The van der Waals surface area contributed by atoms with E-state index in [0.29, 0.717) is 6.54 Å². The maximum atomic E-state index is 6.20. The van der Waals surface area contributed by atoms with Crippen LogP contribution in [0.4, 0.5) is 0 Å². The van der Waals surface area contributed by atoms with Crippen molar-refractivity contribution in [3.63, 3.8) is 0 Å². The first-order valence-corrected chi connectivity index (χ1v) is 6.92. The van der Waals surface area contributed by atoms with Crippen LogP contribution in [-0.2, 0) is 6.54 Å². The second kappa shape index (κ2) is 5.65. The van der Waals surface area contributed by atoms with Gasteiger partial charge >= 0.3 is 0 Å². The largest absolute Gasteiger partial charge is 0.468 e. The normalized spacial score (nSPS) is 12.7. The molecule has 0 saturated heterocycles. The number of hydrogen-bond donors (Lipinski definition) is 1. The highest BCUT2D eigenvalue weighted by molar-refractivity contribution is 6.35. The number of benzene rings is 1. The Labute approximate surface area is 122 Å². The predicted molar refractivity (Wildman–Crippen MR) is 80.7 cm³/mol. The van der Waals surface area contributed by atoms with E-state index in [1.54, 1.807) is 12.5 Å². The molecule has 102 valence electrons. The van der Waals surface area contributed by atoms with Gasteiger partial charge in [0.2, 0.25) is 0 Å². The van der Waals surface area contributed by atoms with E-state index in [0.717, 1.165) is 27.2 Å². The van der Waals surface area contributed by atoms with Crippen molar-refractivity contribution < 1.29 is 4.42 Å². The molecular formula is C16H15ClN2O. The highest BCUT2D eigenvalue weighted by Crippen LogP contribution is 2.25. The molecule has 0 aliphatic carbocycles. The van der Waals surface area contributed by atoms with E-state index in [2.05, 4.69) is 17.2 Å². The maximum Gasteiger partial charge on any atom is 0.120 e. The zero-order valence-electron chi connectivity index (χ0n) is 11.1. The molecule has 3 rings (SSSR count). The van der Waals surface area contributed by atoms with Crippen LogP contribution in [0.15, 0.2) is 53.3 Å². The number of hydrogen-bond acceptors (Lipinski definition) is 3. The van der Waals surface area contributed by atoms with Crippen LogP contribution in [0.1, 0.15) is 24.3 Å². The van der Waals surface area contributed by atoms with Crippen molar-refractivity contribution >= 4 is 22.5 Å². The average molecular weight is 287 g/mol. The third-order valence-electron chi connectivity index (χ3n) is 3.37. The summed E-state index contributed by atoms with van der Waals surface area (Å²) in [5, 5.41) is 5.15. The highest BCUT2D eigenvalue weighted by atomic mass is 35.5.